The van der Waals surface area contributed by atoms with E-state index in [9.17, 15) is 14.4 Å². The molecule has 8 nitrogen and oxygen atoms in total. The summed E-state index contributed by atoms with van der Waals surface area (Å²) >= 11 is 0. The molecule has 0 aliphatic heterocycles. The molecule has 28 heavy (non-hydrogen) atoms. The van der Waals surface area contributed by atoms with Crippen molar-refractivity contribution in [2.45, 2.75) is 0 Å². The van der Waals surface area contributed by atoms with Crippen LogP contribution >= 0.6 is 0 Å². The molecular weight excluding hydrogens is 364 g/mol. The predicted molar refractivity (Wildman–Crippen MR) is 103 cm³/mol. The van der Waals surface area contributed by atoms with Gasteiger partial charge in [0.05, 0.1) is 32.6 Å². The normalized spacial score (nSPS) is 10.4. The highest BCUT2D eigenvalue weighted by atomic mass is 16.5. The first-order valence-corrected chi connectivity index (χ1v) is 8.26. The van der Waals surface area contributed by atoms with Gasteiger partial charge in [0, 0.05) is 17.6 Å². The fourth-order valence-corrected chi connectivity index (χ4v) is 2.77. The number of nitrogens with one attached hydrogen (secondary N) is 2. The fourth-order valence-electron chi connectivity index (χ4n) is 2.77. The molecule has 0 atom stereocenters. The van der Waals surface area contributed by atoms with Gasteiger partial charge in [-0.2, -0.15) is 0 Å². The van der Waals surface area contributed by atoms with E-state index in [1.54, 1.807) is 24.3 Å². The number of carbonyl (C=O) groups is 2. The van der Waals surface area contributed by atoms with Crippen LogP contribution in [0.4, 0.5) is 5.69 Å². The van der Waals surface area contributed by atoms with Crippen molar-refractivity contribution >= 4 is 28.5 Å². The molecule has 1 heterocycles. The number of rotatable bonds is 5. The van der Waals surface area contributed by atoms with Gasteiger partial charge in [-0.25, -0.2) is 4.79 Å². The van der Waals surface area contributed by atoms with Crippen LogP contribution in [0.25, 0.3) is 10.9 Å². The van der Waals surface area contributed by atoms with Crippen LogP contribution in [0.15, 0.2) is 47.3 Å². The van der Waals surface area contributed by atoms with Crippen molar-refractivity contribution in [1.29, 1.82) is 0 Å². The molecule has 2 N–H and O–H groups in total. The average molecular weight is 382 g/mol. The van der Waals surface area contributed by atoms with Gasteiger partial charge in [-0.1, -0.05) is 18.2 Å². The van der Waals surface area contributed by atoms with Crippen LogP contribution in [0, 0.1) is 0 Å². The van der Waals surface area contributed by atoms with E-state index in [-0.39, 0.29) is 16.8 Å². The number of aromatic amines is 1. The zero-order valence-corrected chi connectivity index (χ0v) is 15.5. The Morgan fingerprint density at radius 3 is 2.29 bits per heavy atom. The molecule has 8 heteroatoms. The largest absolute Gasteiger partial charge is 0.493 e. The number of ether oxygens (including phenoxy) is 3. The zero-order chi connectivity index (χ0) is 20.3. The van der Waals surface area contributed by atoms with Gasteiger partial charge in [-0.3, -0.25) is 9.59 Å². The Morgan fingerprint density at radius 1 is 0.929 bits per heavy atom. The lowest BCUT2D eigenvalue weighted by atomic mass is 10.1. The first-order valence-electron chi connectivity index (χ1n) is 8.26. The molecule has 144 valence electrons. The molecule has 1 aromatic heterocycles. The Morgan fingerprint density at radius 2 is 1.61 bits per heavy atom. The monoisotopic (exact) mass is 382 g/mol. The second-order valence-electron chi connectivity index (χ2n) is 5.80. The number of para-hydroxylation sites is 1. The Labute approximate surface area is 160 Å². The van der Waals surface area contributed by atoms with E-state index in [0.29, 0.717) is 22.4 Å². The summed E-state index contributed by atoms with van der Waals surface area (Å²) in [5.41, 5.74) is 0.166. The van der Waals surface area contributed by atoms with E-state index in [0.717, 1.165) is 0 Å². The van der Waals surface area contributed by atoms with Crippen LogP contribution in [0.2, 0.25) is 0 Å². The summed E-state index contributed by atoms with van der Waals surface area (Å²) in [6.07, 6.45) is 0. The SMILES string of the molecule is COC(=O)c1cc(OC)c(OC)cc1NC(=O)c1cc2ccccc2[nH]c1=O. The molecule has 0 bridgehead atoms. The molecule has 0 fully saturated rings. The Bertz CT molecular complexity index is 1120. The maximum Gasteiger partial charge on any atom is 0.340 e. The van der Waals surface area contributed by atoms with Crippen molar-refractivity contribution in [1.82, 2.24) is 4.98 Å². The van der Waals surface area contributed by atoms with E-state index in [2.05, 4.69) is 10.3 Å². The number of methoxy groups -OCH3 is 3. The maximum absolute atomic E-state index is 12.7. The van der Waals surface area contributed by atoms with Crippen molar-refractivity contribution in [2.24, 2.45) is 0 Å². The average Bonchev–Trinajstić information content (AvgIpc) is 2.72. The minimum absolute atomic E-state index is 0.0608. The molecule has 0 radical (unpaired) electrons. The maximum atomic E-state index is 12.7. The molecule has 0 aliphatic rings. The smallest absolute Gasteiger partial charge is 0.340 e. The number of H-pyrrole nitrogens is 1. The number of benzene rings is 2. The molecule has 2 aromatic carbocycles. The van der Waals surface area contributed by atoms with Crippen LogP contribution in [-0.2, 0) is 4.74 Å². The van der Waals surface area contributed by atoms with Gasteiger partial charge in [0.15, 0.2) is 11.5 Å². The number of anilines is 1. The molecular formula is C20H18N2O6. The van der Waals surface area contributed by atoms with E-state index in [4.69, 9.17) is 14.2 Å². The number of carbonyl (C=O) groups excluding carboxylic acids is 2. The van der Waals surface area contributed by atoms with E-state index < -0.39 is 17.4 Å². The van der Waals surface area contributed by atoms with Gasteiger partial charge >= 0.3 is 5.97 Å². The number of hydrogen-bond donors (Lipinski definition) is 2. The minimum Gasteiger partial charge on any atom is -0.493 e. The van der Waals surface area contributed by atoms with Crippen molar-refractivity contribution in [3.05, 3.63) is 63.9 Å². The summed E-state index contributed by atoms with van der Waals surface area (Å²) in [6, 6.07) is 11.4. The molecule has 0 saturated carbocycles. The molecule has 0 saturated heterocycles. The van der Waals surface area contributed by atoms with E-state index in [1.807, 2.05) is 0 Å². The number of aromatic nitrogens is 1. The Kier molecular flexibility index (Phi) is 5.30. The fraction of sp³-hybridized carbons (Fsp3) is 0.150. The highest BCUT2D eigenvalue weighted by Gasteiger charge is 2.21. The second-order valence-corrected chi connectivity index (χ2v) is 5.80. The topological polar surface area (TPSA) is 107 Å². The third-order valence-electron chi connectivity index (χ3n) is 4.18. The summed E-state index contributed by atoms with van der Waals surface area (Å²) in [6.45, 7) is 0. The predicted octanol–water partition coefficient (Wildman–Crippen LogP) is 2.58. The number of hydrogen-bond acceptors (Lipinski definition) is 6. The lowest BCUT2D eigenvalue weighted by Crippen LogP contribution is -2.24. The summed E-state index contributed by atoms with van der Waals surface area (Å²) in [5, 5.41) is 3.28. The van der Waals surface area contributed by atoms with Gasteiger partial charge < -0.3 is 24.5 Å². The molecule has 3 aromatic rings. The highest BCUT2D eigenvalue weighted by Crippen LogP contribution is 2.34. The van der Waals surface area contributed by atoms with Crippen LogP contribution in [0.1, 0.15) is 20.7 Å². The number of pyridine rings is 1. The van der Waals surface area contributed by atoms with Gasteiger partial charge in [-0.15, -0.1) is 0 Å². The first kappa shape index (κ1) is 19.0. The quantitative estimate of drug-likeness (QED) is 0.657. The molecule has 3 rings (SSSR count). The van der Waals surface area contributed by atoms with Crippen molar-refractivity contribution in [3.63, 3.8) is 0 Å². The molecule has 0 aliphatic carbocycles. The summed E-state index contributed by atoms with van der Waals surface area (Å²) in [7, 11) is 4.07. The van der Waals surface area contributed by atoms with Gasteiger partial charge in [0.2, 0.25) is 0 Å². The van der Waals surface area contributed by atoms with Crippen molar-refractivity contribution in [3.8, 4) is 11.5 Å². The van der Waals surface area contributed by atoms with Crippen LogP contribution in [0.5, 0.6) is 11.5 Å². The Hall–Kier alpha value is -3.81. The van der Waals surface area contributed by atoms with Crippen molar-refractivity contribution in [2.75, 3.05) is 26.6 Å². The van der Waals surface area contributed by atoms with Gasteiger partial charge in [-0.05, 0) is 17.5 Å². The second kappa shape index (κ2) is 7.83. The van der Waals surface area contributed by atoms with Crippen LogP contribution in [0.3, 0.4) is 0 Å². The summed E-state index contributed by atoms with van der Waals surface area (Å²) in [5.74, 6) is -0.754. The third-order valence-corrected chi connectivity index (χ3v) is 4.18. The van der Waals surface area contributed by atoms with Crippen LogP contribution < -0.4 is 20.3 Å². The standard InChI is InChI=1S/C20H18N2O6/c1-26-16-9-12(20(25)28-3)15(10-17(16)27-2)22-19(24)13-8-11-6-4-5-7-14(11)21-18(13)23/h4-10H,1-3H3,(H,21,23)(H,22,24). The summed E-state index contributed by atoms with van der Waals surface area (Å²) < 4.78 is 15.2. The van der Waals surface area contributed by atoms with Gasteiger partial charge in [0.1, 0.15) is 5.56 Å². The van der Waals surface area contributed by atoms with E-state index >= 15 is 0 Å². The lowest BCUT2D eigenvalue weighted by molar-refractivity contribution is 0.0601. The molecule has 1 amide bonds. The summed E-state index contributed by atoms with van der Waals surface area (Å²) in [4.78, 5) is 39.8. The lowest BCUT2D eigenvalue weighted by Gasteiger charge is -2.14. The molecule has 0 unspecified atom stereocenters. The highest BCUT2D eigenvalue weighted by molar-refractivity contribution is 6.09. The number of amides is 1. The van der Waals surface area contributed by atoms with E-state index in [1.165, 1.54) is 39.5 Å². The molecule has 0 spiro atoms. The minimum atomic E-state index is -0.677. The number of esters is 1. The number of fused-ring (bicyclic) bond motifs is 1. The zero-order valence-electron chi connectivity index (χ0n) is 15.5. The Balaban J connectivity index is 2.05. The van der Waals surface area contributed by atoms with Crippen molar-refractivity contribution < 1.29 is 23.8 Å². The van der Waals surface area contributed by atoms with Crippen LogP contribution in [-0.4, -0.2) is 38.2 Å². The third kappa shape index (κ3) is 3.52. The van der Waals surface area contributed by atoms with Gasteiger partial charge in [0.25, 0.3) is 11.5 Å². The first-order chi connectivity index (χ1) is 13.5.